The molecule has 0 radical (unpaired) electrons. The van der Waals surface area contributed by atoms with E-state index in [1.165, 1.54) is 16.6 Å². The molecule has 0 saturated heterocycles. The van der Waals surface area contributed by atoms with Gasteiger partial charge in [0.1, 0.15) is 5.75 Å². The number of fused-ring (bicyclic) bond motifs is 1. The molecule has 2 aromatic rings. The van der Waals surface area contributed by atoms with Crippen molar-refractivity contribution in [1.29, 1.82) is 0 Å². The van der Waals surface area contributed by atoms with Crippen LogP contribution < -0.4 is 10.1 Å². The number of ether oxygens (including phenoxy) is 1. The molecule has 2 heterocycles. The second-order valence-corrected chi connectivity index (χ2v) is 6.61. The van der Waals surface area contributed by atoms with Crippen LogP contribution in [0.5, 0.6) is 5.75 Å². The average molecular weight is 317 g/mol. The molecule has 1 aromatic carbocycles. The van der Waals surface area contributed by atoms with Crippen molar-refractivity contribution < 1.29 is 9.53 Å². The lowest BCUT2D eigenvalue weighted by Gasteiger charge is -2.03. The van der Waals surface area contributed by atoms with Crippen molar-refractivity contribution in [2.24, 2.45) is 0 Å². The van der Waals surface area contributed by atoms with Crippen LogP contribution in [-0.2, 0) is 6.54 Å². The van der Waals surface area contributed by atoms with Gasteiger partial charge in [-0.05, 0) is 36.6 Å². The van der Waals surface area contributed by atoms with Crippen molar-refractivity contribution in [2.75, 3.05) is 6.61 Å². The van der Waals surface area contributed by atoms with Crippen molar-refractivity contribution in [3.05, 3.63) is 57.3 Å². The first-order valence-electron chi connectivity index (χ1n) is 6.73. The molecule has 0 bridgehead atoms. The van der Waals surface area contributed by atoms with Crippen LogP contribution in [0.15, 0.2) is 51.7 Å². The Morgan fingerprint density at radius 2 is 2.24 bits per heavy atom. The van der Waals surface area contributed by atoms with E-state index < -0.39 is 0 Å². The number of thiophene rings is 1. The number of hydrogen-bond donors (Lipinski definition) is 1. The van der Waals surface area contributed by atoms with E-state index >= 15 is 0 Å². The molecule has 3 rings (SSSR count). The highest BCUT2D eigenvalue weighted by molar-refractivity contribution is 8.04. The Bertz CT molecular complexity index is 678. The molecule has 1 N–H and O–H groups in total. The van der Waals surface area contributed by atoms with E-state index in [0.29, 0.717) is 6.61 Å². The van der Waals surface area contributed by atoms with E-state index in [1.807, 2.05) is 42.8 Å². The zero-order valence-corrected chi connectivity index (χ0v) is 13.2. The minimum absolute atomic E-state index is 0.0650. The summed E-state index contributed by atoms with van der Waals surface area (Å²) in [7, 11) is 0. The quantitative estimate of drug-likeness (QED) is 0.844. The van der Waals surface area contributed by atoms with Gasteiger partial charge in [-0.3, -0.25) is 4.79 Å². The second kappa shape index (κ2) is 6.37. The van der Waals surface area contributed by atoms with Crippen LogP contribution in [0.4, 0.5) is 0 Å². The van der Waals surface area contributed by atoms with E-state index in [4.69, 9.17) is 4.74 Å². The topological polar surface area (TPSA) is 38.3 Å². The first kappa shape index (κ1) is 14.2. The molecule has 0 spiro atoms. The Kier molecular flexibility index (Phi) is 4.31. The molecular formula is C16H15NO2S2. The minimum atomic E-state index is 0.0650. The zero-order chi connectivity index (χ0) is 14.7. The number of nitrogens with one attached hydrogen (secondary N) is 1. The Labute approximate surface area is 132 Å². The van der Waals surface area contributed by atoms with E-state index in [9.17, 15) is 4.79 Å². The molecule has 0 atom stereocenters. The molecule has 3 nitrogen and oxygen atoms in total. The number of carbonyl (C=O) groups is 1. The van der Waals surface area contributed by atoms with Gasteiger partial charge < -0.3 is 10.1 Å². The van der Waals surface area contributed by atoms with Crippen LogP contribution in [0.2, 0.25) is 0 Å². The van der Waals surface area contributed by atoms with Gasteiger partial charge in [0.25, 0.3) is 0 Å². The van der Waals surface area contributed by atoms with Crippen molar-refractivity contribution in [3.63, 3.8) is 0 Å². The number of Topliss-reactive ketones (excluding diaryl/α,β-unsaturated/α-hetero) is 1. The summed E-state index contributed by atoms with van der Waals surface area (Å²) in [5.41, 5.74) is 0.732. The maximum absolute atomic E-state index is 12.4. The first-order chi connectivity index (χ1) is 10.3. The third kappa shape index (κ3) is 3.14. The fraction of sp³-hybridized carbons (Fsp3) is 0.188. The number of hydrogen-bond acceptors (Lipinski definition) is 5. The smallest absolute Gasteiger partial charge is 0.202 e. The summed E-state index contributed by atoms with van der Waals surface area (Å²) in [6.45, 7) is 3.28. The summed E-state index contributed by atoms with van der Waals surface area (Å²) in [6.07, 6.45) is 1.81. The van der Waals surface area contributed by atoms with Gasteiger partial charge in [-0.2, -0.15) is 0 Å². The van der Waals surface area contributed by atoms with E-state index in [1.54, 1.807) is 11.3 Å². The highest BCUT2D eigenvalue weighted by atomic mass is 32.2. The standard InChI is InChI=1S/C16H15NO2S2/c1-2-19-11-5-6-14-13(8-11)16(18)15(21-14)10-17-9-12-4-3-7-20-12/h3-8,10,17H,2,9H2,1H3. The van der Waals surface area contributed by atoms with Gasteiger partial charge in [0.2, 0.25) is 5.78 Å². The summed E-state index contributed by atoms with van der Waals surface area (Å²) in [4.78, 5) is 15.3. The number of thioether (sulfide) groups is 1. The monoisotopic (exact) mass is 317 g/mol. The fourth-order valence-electron chi connectivity index (χ4n) is 2.08. The lowest BCUT2D eigenvalue weighted by Crippen LogP contribution is -2.06. The molecule has 0 aliphatic carbocycles. The SMILES string of the molecule is CCOc1ccc2c(c1)C(=O)C(=CNCc1cccs1)S2. The molecule has 5 heteroatoms. The molecule has 0 unspecified atom stereocenters. The Hall–Kier alpha value is -1.72. The number of carbonyl (C=O) groups excluding carboxylic acids is 1. The number of allylic oxidation sites excluding steroid dienone is 1. The van der Waals surface area contributed by atoms with Crippen molar-refractivity contribution in [2.45, 2.75) is 18.4 Å². The highest BCUT2D eigenvalue weighted by Crippen LogP contribution is 2.41. The lowest BCUT2D eigenvalue weighted by molar-refractivity contribution is 0.104. The summed E-state index contributed by atoms with van der Waals surface area (Å²) < 4.78 is 5.45. The van der Waals surface area contributed by atoms with Gasteiger partial charge in [0.15, 0.2) is 0 Å². The molecule has 1 aliphatic heterocycles. The zero-order valence-electron chi connectivity index (χ0n) is 11.6. The molecule has 0 saturated carbocycles. The van der Waals surface area contributed by atoms with Crippen molar-refractivity contribution in [1.82, 2.24) is 5.32 Å². The number of rotatable bonds is 5. The summed E-state index contributed by atoms with van der Waals surface area (Å²) in [5, 5.41) is 5.26. The van der Waals surface area contributed by atoms with Crippen LogP contribution in [0.1, 0.15) is 22.2 Å². The third-order valence-electron chi connectivity index (χ3n) is 3.04. The molecular weight excluding hydrogens is 302 g/mol. The van der Waals surface area contributed by atoms with Crippen LogP contribution in [0, 0.1) is 0 Å². The fourth-order valence-corrected chi connectivity index (χ4v) is 3.72. The molecule has 21 heavy (non-hydrogen) atoms. The average Bonchev–Trinajstić information content (AvgIpc) is 3.10. The van der Waals surface area contributed by atoms with Gasteiger partial charge in [-0.25, -0.2) is 0 Å². The normalized spacial score (nSPS) is 15.3. The maximum Gasteiger partial charge on any atom is 0.202 e. The van der Waals surface area contributed by atoms with Crippen LogP contribution >= 0.6 is 23.1 Å². The van der Waals surface area contributed by atoms with Gasteiger partial charge in [0.05, 0.1) is 11.5 Å². The van der Waals surface area contributed by atoms with E-state index in [2.05, 4.69) is 11.4 Å². The minimum Gasteiger partial charge on any atom is -0.494 e. The number of benzene rings is 1. The lowest BCUT2D eigenvalue weighted by atomic mass is 10.1. The summed E-state index contributed by atoms with van der Waals surface area (Å²) in [6, 6.07) is 9.78. The van der Waals surface area contributed by atoms with Crippen LogP contribution in [0.25, 0.3) is 0 Å². The van der Waals surface area contributed by atoms with Gasteiger partial charge in [-0.15, -0.1) is 11.3 Å². The molecule has 108 valence electrons. The van der Waals surface area contributed by atoms with E-state index in [-0.39, 0.29) is 5.78 Å². The Morgan fingerprint density at radius 1 is 1.33 bits per heavy atom. The highest BCUT2D eigenvalue weighted by Gasteiger charge is 2.26. The molecule has 0 fully saturated rings. The van der Waals surface area contributed by atoms with Crippen LogP contribution in [0.3, 0.4) is 0 Å². The largest absolute Gasteiger partial charge is 0.494 e. The maximum atomic E-state index is 12.4. The summed E-state index contributed by atoms with van der Waals surface area (Å²) >= 11 is 3.21. The van der Waals surface area contributed by atoms with Crippen molar-refractivity contribution in [3.8, 4) is 5.75 Å². The Balaban J connectivity index is 1.71. The Morgan fingerprint density at radius 3 is 3.00 bits per heavy atom. The molecule has 1 aliphatic rings. The predicted octanol–water partition coefficient (Wildman–Crippen LogP) is 4.07. The van der Waals surface area contributed by atoms with Crippen LogP contribution in [-0.4, -0.2) is 12.4 Å². The third-order valence-corrected chi connectivity index (χ3v) is 5.02. The second-order valence-electron chi connectivity index (χ2n) is 4.49. The molecule has 1 aromatic heterocycles. The predicted molar refractivity (Wildman–Crippen MR) is 87.0 cm³/mol. The van der Waals surface area contributed by atoms with E-state index in [0.717, 1.165) is 27.7 Å². The summed E-state index contributed by atoms with van der Waals surface area (Å²) in [5.74, 6) is 0.813. The van der Waals surface area contributed by atoms with Gasteiger partial charge in [0, 0.05) is 28.1 Å². The van der Waals surface area contributed by atoms with Crippen molar-refractivity contribution >= 4 is 28.9 Å². The number of ketones is 1. The van der Waals surface area contributed by atoms with Gasteiger partial charge in [-0.1, -0.05) is 17.8 Å². The first-order valence-corrected chi connectivity index (χ1v) is 8.43. The molecule has 0 amide bonds. The van der Waals surface area contributed by atoms with Gasteiger partial charge >= 0.3 is 0 Å².